The van der Waals surface area contributed by atoms with Crippen molar-refractivity contribution in [2.24, 2.45) is 12.8 Å². The summed E-state index contributed by atoms with van der Waals surface area (Å²) in [5.74, 6) is 0. The van der Waals surface area contributed by atoms with Crippen molar-refractivity contribution in [3.8, 4) is 0 Å². The number of allylic oxidation sites excluding steroid dienone is 1. The van der Waals surface area contributed by atoms with Gasteiger partial charge in [0.1, 0.15) is 0 Å². The summed E-state index contributed by atoms with van der Waals surface area (Å²) >= 11 is 0. The van der Waals surface area contributed by atoms with Gasteiger partial charge in [0, 0.05) is 7.05 Å². The molecule has 1 aromatic heterocycles. The van der Waals surface area contributed by atoms with Crippen molar-refractivity contribution in [3.05, 3.63) is 18.0 Å². The Morgan fingerprint density at radius 3 is 3.00 bits per heavy atom. The Morgan fingerprint density at radius 1 is 1.75 bits per heavy atom. The average molecular weight is 166 g/mol. The lowest BCUT2D eigenvalue weighted by Crippen LogP contribution is -1.98. The molecule has 1 rings (SSSR count). The lowest BCUT2D eigenvalue weighted by Gasteiger charge is -1.99. The first-order valence-electron chi connectivity index (χ1n) is 3.97. The normalized spacial score (nSPS) is 12.1. The predicted octanol–water partition coefficient (Wildman–Crippen LogP) is 0.567. The van der Waals surface area contributed by atoms with Gasteiger partial charge in [-0.1, -0.05) is 11.3 Å². The van der Waals surface area contributed by atoms with Gasteiger partial charge in [0.15, 0.2) is 0 Å². The molecule has 0 atom stereocenters. The van der Waals surface area contributed by atoms with Crippen LogP contribution in [-0.2, 0) is 7.05 Å². The van der Waals surface area contributed by atoms with Crippen LogP contribution in [0.2, 0.25) is 0 Å². The smallest absolute Gasteiger partial charge is 0.0835 e. The predicted molar refractivity (Wildman–Crippen MR) is 48.3 cm³/mol. The van der Waals surface area contributed by atoms with Crippen LogP contribution in [-0.4, -0.2) is 21.5 Å². The van der Waals surface area contributed by atoms with E-state index < -0.39 is 0 Å². The highest BCUT2D eigenvalue weighted by Crippen LogP contribution is 2.10. The minimum atomic E-state index is 0.683. The molecule has 0 fully saturated rings. The molecule has 1 aromatic rings. The molecule has 12 heavy (non-hydrogen) atoms. The Balaban J connectivity index is 2.77. The molecule has 0 aromatic carbocycles. The highest BCUT2D eigenvalue weighted by molar-refractivity contribution is 5.59. The zero-order valence-corrected chi connectivity index (χ0v) is 7.49. The van der Waals surface area contributed by atoms with E-state index in [1.54, 1.807) is 10.9 Å². The summed E-state index contributed by atoms with van der Waals surface area (Å²) in [5, 5.41) is 7.63. The molecule has 0 saturated heterocycles. The van der Waals surface area contributed by atoms with E-state index in [0.29, 0.717) is 6.54 Å². The minimum Gasteiger partial charge on any atom is -0.330 e. The molecule has 0 saturated carbocycles. The monoisotopic (exact) mass is 166 g/mol. The lowest BCUT2D eigenvalue weighted by molar-refractivity contribution is 0.706. The Hall–Kier alpha value is -1.16. The second-order valence-corrected chi connectivity index (χ2v) is 2.71. The molecule has 0 aliphatic rings. The van der Waals surface area contributed by atoms with Gasteiger partial charge >= 0.3 is 0 Å². The van der Waals surface area contributed by atoms with Crippen molar-refractivity contribution >= 4 is 5.57 Å². The molecule has 1 heterocycles. The quantitative estimate of drug-likeness (QED) is 0.714. The molecule has 0 bridgehead atoms. The second-order valence-electron chi connectivity index (χ2n) is 2.71. The molecule has 2 N–H and O–H groups in total. The summed E-state index contributed by atoms with van der Waals surface area (Å²) in [6, 6.07) is 0. The van der Waals surface area contributed by atoms with Gasteiger partial charge in [-0.05, 0) is 25.5 Å². The fraction of sp³-hybridized carbons (Fsp3) is 0.500. The summed E-state index contributed by atoms with van der Waals surface area (Å²) in [6.45, 7) is 2.72. The van der Waals surface area contributed by atoms with E-state index in [1.807, 2.05) is 14.0 Å². The van der Waals surface area contributed by atoms with Gasteiger partial charge in [0.25, 0.3) is 0 Å². The van der Waals surface area contributed by atoms with Crippen LogP contribution in [0.1, 0.15) is 19.0 Å². The maximum atomic E-state index is 5.39. The van der Waals surface area contributed by atoms with E-state index >= 15 is 0 Å². The molecule has 66 valence electrons. The first kappa shape index (κ1) is 8.93. The molecular formula is C8H14N4. The maximum Gasteiger partial charge on any atom is 0.0835 e. The standard InChI is InChI=1S/C8H14N4/c1-7(4-3-5-9)8-6-10-11-12(8)2/h4,6H,3,5,9H2,1-2H3. The van der Waals surface area contributed by atoms with Crippen LogP contribution >= 0.6 is 0 Å². The lowest BCUT2D eigenvalue weighted by atomic mass is 10.2. The van der Waals surface area contributed by atoms with Gasteiger partial charge in [-0.2, -0.15) is 0 Å². The fourth-order valence-corrected chi connectivity index (χ4v) is 1.05. The number of aromatic nitrogens is 3. The summed E-state index contributed by atoms with van der Waals surface area (Å²) in [7, 11) is 1.88. The number of aryl methyl sites for hydroxylation is 1. The van der Waals surface area contributed by atoms with Gasteiger partial charge in [0.05, 0.1) is 11.9 Å². The van der Waals surface area contributed by atoms with Gasteiger partial charge in [-0.3, -0.25) is 0 Å². The first-order valence-corrected chi connectivity index (χ1v) is 3.97. The number of rotatable bonds is 3. The Kier molecular flexibility index (Phi) is 2.99. The van der Waals surface area contributed by atoms with E-state index in [0.717, 1.165) is 12.1 Å². The van der Waals surface area contributed by atoms with Gasteiger partial charge in [-0.15, -0.1) is 5.10 Å². The molecule has 0 spiro atoms. The molecule has 4 heteroatoms. The summed E-state index contributed by atoms with van der Waals surface area (Å²) in [4.78, 5) is 0. The number of nitrogens with two attached hydrogens (primary N) is 1. The highest BCUT2D eigenvalue weighted by Gasteiger charge is 1.99. The van der Waals surface area contributed by atoms with Crippen LogP contribution in [0, 0.1) is 0 Å². The van der Waals surface area contributed by atoms with Crippen molar-refractivity contribution in [2.75, 3.05) is 6.54 Å². The number of nitrogens with zero attached hydrogens (tertiary/aromatic N) is 3. The molecule has 0 aliphatic heterocycles. The van der Waals surface area contributed by atoms with Crippen LogP contribution in [0.5, 0.6) is 0 Å². The third-order valence-electron chi connectivity index (χ3n) is 1.74. The molecule has 4 nitrogen and oxygen atoms in total. The van der Waals surface area contributed by atoms with Crippen LogP contribution < -0.4 is 5.73 Å². The van der Waals surface area contributed by atoms with Gasteiger partial charge < -0.3 is 5.73 Å². The zero-order valence-electron chi connectivity index (χ0n) is 7.49. The summed E-state index contributed by atoms with van der Waals surface area (Å²) in [6.07, 6.45) is 4.75. The highest BCUT2D eigenvalue weighted by atomic mass is 15.4. The van der Waals surface area contributed by atoms with Crippen molar-refractivity contribution in [1.29, 1.82) is 0 Å². The topological polar surface area (TPSA) is 56.7 Å². The van der Waals surface area contributed by atoms with Gasteiger partial charge in [-0.25, -0.2) is 4.68 Å². The van der Waals surface area contributed by atoms with E-state index in [-0.39, 0.29) is 0 Å². The van der Waals surface area contributed by atoms with Crippen LogP contribution in [0.25, 0.3) is 5.57 Å². The van der Waals surface area contributed by atoms with E-state index in [4.69, 9.17) is 5.73 Å². The molecular weight excluding hydrogens is 152 g/mol. The van der Waals surface area contributed by atoms with Crippen LogP contribution in [0.3, 0.4) is 0 Å². The SMILES string of the molecule is CC(=CCCN)c1cnnn1C. The minimum absolute atomic E-state index is 0.683. The number of hydrogen-bond donors (Lipinski definition) is 1. The third kappa shape index (κ3) is 1.92. The maximum absolute atomic E-state index is 5.39. The molecule has 0 aliphatic carbocycles. The third-order valence-corrected chi connectivity index (χ3v) is 1.74. The fourth-order valence-electron chi connectivity index (χ4n) is 1.05. The molecule has 0 radical (unpaired) electrons. The Labute approximate surface area is 72.1 Å². The van der Waals surface area contributed by atoms with Crippen LogP contribution in [0.15, 0.2) is 12.3 Å². The Morgan fingerprint density at radius 2 is 2.50 bits per heavy atom. The van der Waals surface area contributed by atoms with E-state index in [1.165, 1.54) is 5.57 Å². The summed E-state index contributed by atoms with van der Waals surface area (Å²) < 4.78 is 1.75. The molecule has 0 unspecified atom stereocenters. The largest absolute Gasteiger partial charge is 0.330 e. The van der Waals surface area contributed by atoms with Crippen molar-refractivity contribution < 1.29 is 0 Å². The molecule has 0 amide bonds. The van der Waals surface area contributed by atoms with Crippen molar-refractivity contribution in [1.82, 2.24) is 15.0 Å². The van der Waals surface area contributed by atoms with Crippen molar-refractivity contribution in [2.45, 2.75) is 13.3 Å². The van der Waals surface area contributed by atoms with Crippen LogP contribution in [0.4, 0.5) is 0 Å². The summed E-state index contributed by atoms with van der Waals surface area (Å²) in [5.41, 5.74) is 7.60. The number of hydrogen-bond acceptors (Lipinski definition) is 3. The zero-order chi connectivity index (χ0) is 8.97. The van der Waals surface area contributed by atoms with Crippen molar-refractivity contribution in [3.63, 3.8) is 0 Å². The van der Waals surface area contributed by atoms with E-state index in [2.05, 4.69) is 16.4 Å². The van der Waals surface area contributed by atoms with Gasteiger partial charge in [0.2, 0.25) is 0 Å². The van der Waals surface area contributed by atoms with E-state index in [9.17, 15) is 0 Å². The first-order chi connectivity index (χ1) is 5.75. The Bertz CT molecular complexity index is 274. The average Bonchev–Trinajstić information content (AvgIpc) is 2.47. The second kappa shape index (κ2) is 4.01.